The van der Waals surface area contributed by atoms with Crippen molar-refractivity contribution in [2.75, 3.05) is 0 Å². The van der Waals surface area contributed by atoms with Crippen LogP contribution < -0.4 is 0 Å². The summed E-state index contributed by atoms with van der Waals surface area (Å²) in [4.78, 5) is 0. The van der Waals surface area contributed by atoms with E-state index in [4.69, 9.17) is 0 Å². The predicted molar refractivity (Wildman–Crippen MR) is 106 cm³/mol. The molecule has 0 aromatic rings. The van der Waals surface area contributed by atoms with E-state index in [2.05, 4.69) is 40.9 Å². The van der Waals surface area contributed by atoms with Crippen molar-refractivity contribution >= 4 is 0 Å². The fourth-order valence-corrected chi connectivity index (χ4v) is 2.40. The Hall–Kier alpha value is -0.520. The molecule has 0 heterocycles. The first-order valence-electron chi connectivity index (χ1n) is 9.79. The van der Waals surface area contributed by atoms with Gasteiger partial charge in [-0.15, -0.1) is 0 Å². The molecule has 0 saturated carbocycles. The second-order valence-corrected chi connectivity index (χ2v) is 7.16. The molecule has 0 radical (unpaired) electrons. The minimum atomic E-state index is 0.703. The van der Waals surface area contributed by atoms with Gasteiger partial charge in [-0.3, -0.25) is 0 Å². The van der Waals surface area contributed by atoms with E-state index in [9.17, 15) is 0 Å². The zero-order valence-corrected chi connectivity index (χ0v) is 16.5. The molecule has 0 aliphatic carbocycles. The lowest BCUT2D eigenvalue weighted by Gasteiger charge is -2.06. The highest BCUT2D eigenvalue weighted by molar-refractivity contribution is 5.22. The van der Waals surface area contributed by atoms with Gasteiger partial charge in [0.05, 0.1) is 0 Å². The van der Waals surface area contributed by atoms with E-state index in [0.29, 0.717) is 5.92 Å². The maximum atomic E-state index is 3.89. The molecule has 0 N–H and O–H groups in total. The molecule has 0 bridgehead atoms. The minimum absolute atomic E-state index is 0.703. The van der Waals surface area contributed by atoms with Crippen molar-refractivity contribution in [1.29, 1.82) is 0 Å². The normalized spacial score (nSPS) is 10.3. The lowest BCUT2D eigenvalue weighted by Crippen LogP contribution is -1.90. The molecule has 22 heavy (non-hydrogen) atoms. The molecule has 0 fully saturated rings. The molecule has 0 aliphatic rings. The highest BCUT2D eigenvalue weighted by Gasteiger charge is 1.97. The molecule has 0 aliphatic heterocycles. The third-order valence-corrected chi connectivity index (χ3v) is 3.97. The van der Waals surface area contributed by atoms with Crippen LogP contribution in [-0.4, -0.2) is 0 Å². The van der Waals surface area contributed by atoms with Gasteiger partial charge in [-0.25, -0.2) is 0 Å². The van der Waals surface area contributed by atoms with Gasteiger partial charge in [0, 0.05) is 0 Å². The SMILES string of the molecule is C=C(C)C(=C)CC(C)C.CCCCCCCCCCCCC. The summed E-state index contributed by atoms with van der Waals surface area (Å²) in [5, 5.41) is 0. The highest BCUT2D eigenvalue weighted by atomic mass is 14.0. The quantitative estimate of drug-likeness (QED) is 0.236. The zero-order valence-electron chi connectivity index (χ0n) is 16.5. The summed E-state index contributed by atoms with van der Waals surface area (Å²) in [6.07, 6.45) is 17.0. The average Bonchev–Trinajstić information content (AvgIpc) is 2.45. The van der Waals surface area contributed by atoms with Crippen LogP contribution in [0.5, 0.6) is 0 Å². The van der Waals surface area contributed by atoms with Gasteiger partial charge in [-0.05, 0) is 19.3 Å². The van der Waals surface area contributed by atoms with Crippen LogP contribution in [0, 0.1) is 5.92 Å². The van der Waals surface area contributed by atoms with E-state index in [1.54, 1.807) is 0 Å². The lowest BCUT2D eigenvalue weighted by molar-refractivity contribution is 0.554. The Morgan fingerprint density at radius 2 is 1.00 bits per heavy atom. The number of rotatable bonds is 13. The second-order valence-electron chi connectivity index (χ2n) is 7.16. The van der Waals surface area contributed by atoms with Crippen molar-refractivity contribution in [2.45, 2.75) is 112 Å². The van der Waals surface area contributed by atoms with Crippen LogP contribution in [0.15, 0.2) is 24.3 Å². The second kappa shape index (κ2) is 18.5. The van der Waals surface area contributed by atoms with E-state index in [1.165, 1.54) is 76.2 Å². The van der Waals surface area contributed by atoms with Crippen LogP contribution in [0.4, 0.5) is 0 Å². The van der Waals surface area contributed by atoms with Crippen molar-refractivity contribution in [3.63, 3.8) is 0 Å². The first-order valence-corrected chi connectivity index (χ1v) is 9.79. The summed E-state index contributed by atoms with van der Waals surface area (Å²) in [7, 11) is 0. The molecular formula is C22H44. The molecule has 0 atom stereocenters. The monoisotopic (exact) mass is 308 g/mol. The van der Waals surface area contributed by atoms with Gasteiger partial charge in [0.2, 0.25) is 0 Å². The lowest BCUT2D eigenvalue weighted by atomic mass is 10.0. The van der Waals surface area contributed by atoms with Crippen LogP contribution in [0.3, 0.4) is 0 Å². The zero-order chi connectivity index (χ0) is 17.2. The Labute approximate surface area is 142 Å². The molecule has 0 aromatic carbocycles. The molecule has 0 amide bonds. The van der Waals surface area contributed by atoms with Crippen LogP contribution in [0.2, 0.25) is 0 Å². The van der Waals surface area contributed by atoms with Crippen molar-refractivity contribution in [2.24, 2.45) is 5.92 Å². The number of allylic oxidation sites excluding steroid dienone is 2. The van der Waals surface area contributed by atoms with Crippen LogP contribution >= 0.6 is 0 Å². The summed E-state index contributed by atoms with van der Waals surface area (Å²) in [6.45, 7) is 18.7. The van der Waals surface area contributed by atoms with Crippen LogP contribution in [-0.2, 0) is 0 Å². The summed E-state index contributed by atoms with van der Waals surface area (Å²) in [6, 6.07) is 0. The van der Waals surface area contributed by atoms with E-state index in [0.717, 1.165) is 12.0 Å². The van der Waals surface area contributed by atoms with Gasteiger partial charge in [0.1, 0.15) is 0 Å². The Balaban J connectivity index is 0. The van der Waals surface area contributed by atoms with E-state index in [-0.39, 0.29) is 0 Å². The summed E-state index contributed by atoms with van der Waals surface area (Å²) in [5.41, 5.74) is 2.30. The van der Waals surface area contributed by atoms with Gasteiger partial charge in [0.15, 0.2) is 0 Å². The van der Waals surface area contributed by atoms with Gasteiger partial charge in [-0.1, -0.05) is 123 Å². The highest BCUT2D eigenvalue weighted by Crippen LogP contribution is 2.14. The molecule has 0 rings (SSSR count). The molecule has 0 saturated heterocycles. The largest absolute Gasteiger partial charge is 0.0959 e. The van der Waals surface area contributed by atoms with E-state index in [1.807, 2.05) is 6.92 Å². The van der Waals surface area contributed by atoms with Gasteiger partial charge in [0.25, 0.3) is 0 Å². The summed E-state index contributed by atoms with van der Waals surface area (Å²) < 4.78 is 0. The molecule has 132 valence electrons. The molecule has 0 heteroatoms. The molecular weight excluding hydrogens is 264 g/mol. The fraction of sp³-hybridized carbons (Fsp3) is 0.818. The topological polar surface area (TPSA) is 0 Å². The average molecular weight is 309 g/mol. The maximum Gasteiger partial charge on any atom is -0.0259 e. The van der Waals surface area contributed by atoms with Gasteiger partial charge < -0.3 is 0 Å². The Morgan fingerprint density at radius 1 is 0.682 bits per heavy atom. The molecule has 0 aromatic heterocycles. The van der Waals surface area contributed by atoms with Crippen molar-refractivity contribution in [3.05, 3.63) is 24.3 Å². The standard InChI is InChI=1S/C13H28.C9H16/c1-3-5-7-9-11-13-12-10-8-6-4-2;1-7(2)6-9(5)8(3)4/h3-13H2,1-2H3;7H,3,5-6H2,1-2,4H3. The molecule has 0 nitrogen and oxygen atoms in total. The predicted octanol–water partition coefficient (Wildman–Crippen LogP) is 8.48. The van der Waals surface area contributed by atoms with E-state index < -0.39 is 0 Å². The smallest absolute Gasteiger partial charge is 0.0259 e. The van der Waals surface area contributed by atoms with Crippen molar-refractivity contribution < 1.29 is 0 Å². The first-order chi connectivity index (χ1) is 10.5. The Kier molecular flexibility index (Phi) is 20.0. The van der Waals surface area contributed by atoms with Gasteiger partial charge >= 0.3 is 0 Å². The van der Waals surface area contributed by atoms with Crippen molar-refractivity contribution in [1.82, 2.24) is 0 Å². The van der Waals surface area contributed by atoms with E-state index >= 15 is 0 Å². The number of hydrogen-bond acceptors (Lipinski definition) is 0. The third kappa shape index (κ3) is 21.8. The summed E-state index contributed by atoms with van der Waals surface area (Å²) >= 11 is 0. The van der Waals surface area contributed by atoms with Gasteiger partial charge in [-0.2, -0.15) is 0 Å². The Bertz CT molecular complexity index is 237. The van der Waals surface area contributed by atoms with Crippen molar-refractivity contribution in [3.8, 4) is 0 Å². The first kappa shape index (κ1) is 23.7. The molecule has 0 unspecified atom stereocenters. The van der Waals surface area contributed by atoms with Crippen LogP contribution in [0.25, 0.3) is 0 Å². The third-order valence-electron chi connectivity index (χ3n) is 3.97. The summed E-state index contributed by atoms with van der Waals surface area (Å²) in [5.74, 6) is 0.703. The number of unbranched alkanes of at least 4 members (excludes halogenated alkanes) is 10. The number of hydrogen-bond donors (Lipinski definition) is 0. The minimum Gasteiger partial charge on any atom is -0.0959 e. The molecule has 0 spiro atoms. The van der Waals surface area contributed by atoms with Crippen LogP contribution in [0.1, 0.15) is 112 Å². The fourth-order valence-electron chi connectivity index (χ4n) is 2.40. The Morgan fingerprint density at radius 3 is 1.18 bits per heavy atom. The maximum absolute atomic E-state index is 3.89.